The molecule has 0 aromatic heterocycles. The lowest BCUT2D eigenvalue weighted by molar-refractivity contribution is 0.215. The summed E-state index contributed by atoms with van der Waals surface area (Å²) in [6, 6.07) is 7.26. The Balaban J connectivity index is 2.26. The van der Waals surface area contributed by atoms with Crippen LogP contribution in [0.3, 0.4) is 0 Å². The molecule has 0 fully saturated rings. The Kier molecular flexibility index (Phi) is 5.17. The minimum absolute atomic E-state index is 0.246. The molecule has 0 saturated heterocycles. The van der Waals surface area contributed by atoms with Gasteiger partial charge in [0.05, 0.1) is 34.4 Å². The van der Waals surface area contributed by atoms with Crippen molar-refractivity contribution in [2.24, 2.45) is 10.7 Å². The number of nitrogens with two attached hydrogens (primary N) is 1. The van der Waals surface area contributed by atoms with Crippen LogP contribution in [0.5, 0.6) is 0 Å². The summed E-state index contributed by atoms with van der Waals surface area (Å²) in [7, 11) is 0. The van der Waals surface area contributed by atoms with Crippen molar-refractivity contribution in [3.8, 4) is 0 Å². The first-order chi connectivity index (χ1) is 10.1. The van der Waals surface area contributed by atoms with Crippen LogP contribution < -0.4 is 5.73 Å². The predicted molar refractivity (Wildman–Crippen MR) is 87.5 cm³/mol. The van der Waals surface area contributed by atoms with Crippen molar-refractivity contribution in [2.75, 3.05) is 6.61 Å². The van der Waals surface area contributed by atoms with E-state index < -0.39 is 0 Å². The molecule has 0 amide bonds. The summed E-state index contributed by atoms with van der Waals surface area (Å²) in [5, 5.41) is 8.51. The van der Waals surface area contributed by atoms with Crippen molar-refractivity contribution in [2.45, 2.75) is 19.8 Å². The Morgan fingerprint density at radius 1 is 1.29 bits per heavy atom. The van der Waals surface area contributed by atoms with Gasteiger partial charge < -0.3 is 10.5 Å². The maximum absolute atomic E-state index is 7.97. The smallest absolute Gasteiger partial charge is 0.144 e. The van der Waals surface area contributed by atoms with Crippen molar-refractivity contribution in [3.63, 3.8) is 0 Å². The Bertz CT molecular complexity index is 632. The number of halogens is 1. The van der Waals surface area contributed by atoms with Crippen LogP contribution in [-0.2, 0) is 4.74 Å². The van der Waals surface area contributed by atoms with Crippen LogP contribution in [0.2, 0.25) is 5.02 Å². The van der Waals surface area contributed by atoms with Crippen molar-refractivity contribution in [1.29, 1.82) is 5.41 Å². The first-order valence-electron chi connectivity index (χ1n) is 6.86. The quantitative estimate of drug-likeness (QED) is 0.637. The molecule has 0 radical (unpaired) electrons. The summed E-state index contributed by atoms with van der Waals surface area (Å²) in [4.78, 5) is 4.42. The van der Waals surface area contributed by atoms with E-state index in [-0.39, 0.29) is 5.71 Å². The zero-order chi connectivity index (χ0) is 15.2. The van der Waals surface area contributed by atoms with Crippen LogP contribution in [0.25, 0.3) is 0 Å². The second-order valence-electron chi connectivity index (χ2n) is 4.67. The monoisotopic (exact) mass is 303 g/mol. The van der Waals surface area contributed by atoms with E-state index in [9.17, 15) is 0 Å². The van der Waals surface area contributed by atoms with Crippen LogP contribution in [0.4, 0.5) is 5.69 Å². The molecule has 1 aliphatic carbocycles. The van der Waals surface area contributed by atoms with Crippen molar-refractivity contribution in [3.05, 3.63) is 52.9 Å². The van der Waals surface area contributed by atoms with Crippen molar-refractivity contribution in [1.82, 2.24) is 0 Å². The number of benzene rings is 1. The van der Waals surface area contributed by atoms with E-state index in [2.05, 4.69) is 11.9 Å². The van der Waals surface area contributed by atoms with Gasteiger partial charge in [0.25, 0.3) is 0 Å². The molecule has 0 aliphatic heterocycles. The molecular weight excluding hydrogens is 286 g/mol. The Hall–Kier alpha value is -2.07. The average molecular weight is 304 g/mol. The molecule has 0 unspecified atom stereocenters. The van der Waals surface area contributed by atoms with Gasteiger partial charge in [-0.2, -0.15) is 0 Å². The highest BCUT2D eigenvalue weighted by Gasteiger charge is 2.15. The van der Waals surface area contributed by atoms with Gasteiger partial charge in [-0.15, -0.1) is 0 Å². The SMILES string of the molecule is CCCCOC1=CC(=Nc2ccccc2Cl)C(=N)C=C1N. The number of hydrogen-bond donors (Lipinski definition) is 2. The maximum Gasteiger partial charge on any atom is 0.144 e. The lowest BCUT2D eigenvalue weighted by Gasteiger charge is -2.15. The average Bonchev–Trinajstić information content (AvgIpc) is 2.46. The largest absolute Gasteiger partial charge is 0.491 e. The number of rotatable bonds is 5. The molecule has 0 bridgehead atoms. The van der Waals surface area contributed by atoms with Gasteiger partial charge in [-0.1, -0.05) is 37.1 Å². The van der Waals surface area contributed by atoms with Crippen molar-refractivity contribution >= 4 is 28.7 Å². The molecule has 1 aliphatic rings. The number of nitrogens with zero attached hydrogens (tertiary/aromatic N) is 1. The van der Waals surface area contributed by atoms with Gasteiger partial charge in [0.1, 0.15) is 5.76 Å². The Morgan fingerprint density at radius 2 is 2.05 bits per heavy atom. The summed E-state index contributed by atoms with van der Waals surface area (Å²) in [5.74, 6) is 0.560. The van der Waals surface area contributed by atoms with E-state index >= 15 is 0 Å². The number of aliphatic imine (C=N–C) groups is 1. The molecular formula is C16H18ClN3O. The summed E-state index contributed by atoms with van der Waals surface area (Å²) >= 11 is 6.09. The summed E-state index contributed by atoms with van der Waals surface area (Å²) in [6.07, 6.45) is 5.25. The second-order valence-corrected chi connectivity index (χ2v) is 5.08. The van der Waals surface area contributed by atoms with Gasteiger partial charge in [0.15, 0.2) is 0 Å². The number of para-hydroxylation sites is 1. The highest BCUT2D eigenvalue weighted by Crippen LogP contribution is 2.25. The minimum atomic E-state index is 0.246. The fourth-order valence-electron chi connectivity index (χ4n) is 1.80. The van der Waals surface area contributed by atoms with Gasteiger partial charge in [0.2, 0.25) is 0 Å². The zero-order valence-corrected chi connectivity index (χ0v) is 12.7. The lowest BCUT2D eigenvalue weighted by atomic mass is 10.1. The van der Waals surface area contributed by atoms with E-state index in [1.54, 1.807) is 24.3 Å². The van der Waals surface area contributed by atoms with E-state index in [0.717, 1.165) is 12.8 Å². The number of ether oxygens (including phenoxy) is 1. The van der Waals surface area contributed by atoms with Crippen LogP contribution in [0.15, 0.2) is 52.9 Å². The van der Waals surface area contributed by atoms with E-state index in [1.807, 2.05) is 12.1 Å². The van der Waals surface area contributed by atoms with E-state index in [4.69, 9.17) is 27.5 Å². The fourth-order valence-corrected chi connectivity index (χ4v) is 1.98. The molecule has 110 valence electrons. The highest BCUT2D eigenvalue weighted by atomic mass is 35.5. The van der Waals surface area contributed by atoms with Crippen LogP contribution in [-0.4, -0.2) is 18.0 Å². The molecule has 1 aromatic carbocycles. The Morgan fingerprint density at radius 3 is 2.76 bits per heavy atom. The van der Waals surface area contributed by atoms with Crippen LogP contribution >= 0.6 is 11.6 Å². The zero-order valence-electron chi connectivity index (χ0n) is 11.9. The van der Waals surface area contributed by atoms with Crippen LogP contribution in [0.1, 0.15) is 19.8 Å². The number of nitrogens with one attached hydrogen (secondary N) is 1. The molecule has 0 spiro atoms. The highest BCUT2D eigenvalue weighted by molar-refractivity contribution is 6.51. The molecule has 0 saturated carbocycles. The molecule has 0 atom stereocenters. The van der Waals surface area contributed by atoms with Crippen LogP contribution in [0, 0.1) is 5.41 Å². The first-order valence-corrected chi connectivity index (χ1v) is 7.23. The normalized spacial score (nSPS) is 16.7. The van der Waals surface area contributed by atoms with E-state index in [1.165, 1.54) is 0 Å². The van der Waals surface area contributed by atoms with Crippen molar-refractivity contribution < 1.29 is 4.74 Å². The van der Waals surface area contributed by atoms with Gasteiger partial charge in [-0.3, -0.25) is 5.41 Å². The summed E-state index contributed by atoms with van der Waals surface area (Å²) in [5.41, 5.74) is 7.69. The minimum Gasteiger partial charge on any atom is -0.491 e. The Labute approximate surface area is 129 Å². The standard InChI is InChI=1S/C16H18ClN3O/c1-2-3-8-21-16-10-15(12(18)9-13(16)19)20-14-7-5-4-6-11(14)17/h4-7,9-10,18H,2-3,8,19H2,1H3. The third-order valence-corrected chi connectivity index (χ3v) is 3.30. The van der Waals surface area contributed by atoms with Gasteiger partial charge >= 0.3 is 0 Å². The van der Waals surface area contributed by atoms with Gasteiger partial charge in [0, 0.05) is 6.08 Å². The molecule has 0 heterocycles. The number of unbranched alkanes of at least 4 members (excludes halogenated alkanes) is 1. The first kappa shape index (κ1) is 15.3. The molecule has 3 N–H and O–H groups in total. The van der Waals surface area contributed by atoms with Gasteiger partial charge in [-0.05, 0) is 24.6 Å². The predicted octanol–water partition coefficient (Wildman–Crippen LogP) is 3.99. The second kappa shape index (κ2) is 7.09. The summed E-state index contributed by atoms with van der Waals surface area (Å²) < 4.78 is 5.64. The number of hydrogen-bond acceptors (Lipinski definition) is 4. The molecule has 2 rings (SSSR count). The van der Waals surface area contributed by atoms with E-state index in [0.29, 0.717) is 34.5 Å². The maximum atomic E-state index is 7.97. The summed E-state index contributed by atoms with van der Waals surface area (Å²) in [6.45, 7) is 2.70. The molecule has 4 nitrogen and oxygen atoms in total. The number of allylic oxidation sites excluding steroid dienone is 2. The van der Waals surface area contributed by atoms with Gasteiger partial charge in [-0.25, -0.2) is 4.99 Å². The topological polar surface area (TPSA) is 71.5 Å². The molecule has 21 heavy (non-hydrogen) atoms. The third kappa shape index (κ3) is 3.95. The lowest BCUT2D eigenvalue weighted by Crippen LogP contribution is -2.20. The molecule has 5 heteroatoms. The fraction of sp³-hybridized carbons (Fsp3) is 0.250. The third-order valence-electron chi connectivity index (χ3n) is 2.98. The molecule has 1 aromatic rings.